The molecule has 7 aliphatic rings. The van der Waals surface area contributed by atoms with Crippen molar-refractivity contribution in [2.75, 3.05) is 0 Å². The number of aliphatic hydroxyl groups is 1. The van der Waals surface area contributed by atoms with Crippen molar-refractivity contribution in [2.24, 2.45) is 17.3 Å². The van der Waals surface area contributed by atoms with Gasteiger partial charge in [0.2, 0.25) is 0 Å². The Bertz CT molecular complexity index is 1690. The van der Waals surface area contributed by atoms with E-state index in [-0.39, 0.29) is 28.5 Å². The van der Waals surface area contributed by atoms with Gasteiger partial charge in [-0.05, 0) is 119 Å². The number of aromatic amines is 1. The van der Waals surface area contributed by atoms with Crippen molar-refractivity contribution >= 4 is 22.3 Å². The molecule has 4 heterocycles. The molecule has 2 bridgehead atoms. The Kier molecular flexibility index (Phi) is 4.57. The van der Waals surface area contributed by atoms with E-state index in [0.29, 0.717) is 30.3 Å². The lowest BCUT2D eigenvalue weighted by atomic mass is 9.42. The highest BCUT2D eigenvalue weighted by Gasteiger charge is 2.74. The van der Waals surface area contributed by atoms with Gasteiger partial charge in [-0.2, -0.15) is 0 Å². The average molecular weight is 570 g/mol. The van der Waals surface area contributed by atoms with Gasteiger partial charge in [0.25, 0.3) is 0 Å². The van der Waals surface area contributed by atoms with Crippen LogP contribution in [-0.4, -0.2) is 50.7 Å². The third kappa shape index (κ3) is 2.77. The van der Waals surface area contributed by atoms with Gasteiger partial charge in [-0.25, -0.2) is 0 Å². The molecule has 9 rings (SSSR count). The van der Waals surface area contributed by atoms with Crippen LogP contribution < -0.4 is 0 Å². The zero-order chi connectivity index (χ0) is 29.4. The van der Waals surface area contributed by atoms with Crippen molar-refractivity contribution < 1.29 is 24.1 Å². The highest BCUT2D eigenvalue weighted by molar-refractivity contribution is 5.97. The molecule has 42 heavy (non-hydrogen) atoms. The summed E-state index contributed by atoms with van der Waals surface area (Å²) < 4.78 is 19.2. The molecule has 3 fully saturated rings. The number of carbonyl (C=O) groups is 1. The van der Waals surface area contributed by atoms with Crippen LogP contribution in [0.5, 0.6) is 0 Å². The fourth-order valence-electron chi connectivity index (χ4n) is 11.2. The first-order valence-electron chi connectivity index (χ1n) is 16.1. The number of aromatic nitrogens is 1. The number of ketones is 1. The van der Waals surface area contributed by atoms with Gasteiger partial charge in [0, 0.05) is 45.3 Å². The molecular formula is C36H43NO5. The van der Waals surface area contributed by atoms with Crippen LogP contribution in [0, 0.1) is 17.3 Å². The molecule has 1 spiro atoms. The minimum Gasteiger partial charge on any atom is -0.385 e. The molecule has 2 N–H and O–H groups in total. The van der Waals surface area contributed by atoms with Crippen LogP contribution >= 0.6 is 0 Å². The van der Waals surface area contributed by atoms with Crippen molar-refractivity contribution in [1.82, 2.24) is 4.98 Å². The maximum Gasteiger partial charge on any atom is 0.195 e. The molecule has 0 radical (unpaired) electrons. The van der Waals surface area contributed by atoms with E-state index < -0.39 is 22.9 Å². The molecule has 222 valence electrons. The van der Waals surface area contributed by atoms with E-state index in [2.05, 4.69) is 64.7 Å². The zero-order valence-electron chi connectivity index (χ0n) is 25.9. The topological polar surface area (TPSA) is 80.8 Å². The summed E-state index contributed by atoms with van der Waals surface area (Å²) in [5.41, 5.74) is 6.28. The Morgan fingerprint density at radius 2 is 1.79 bits per heavy atom. The molecule has 0 amide bonds. The fraction of sp³-hybridized carbons (Fsp3) is 0.639. The zero-order valence-corrected chi connectivity index (χ0v) is 25.9. The van der Waals surface area contributed by atoms with E-state index in [0.717, 1.165) is 25.7 Å². The van der Waals surface area contributed by atoms with Gasteiger partial charge >= 0.3 is 0 Å². The normalized spacial score (nSPS) is 45.4. The smallest absolute Gasteiger partial charge is 0.195 e. The molecule has 8 atom stereocenters. The summed E-state index contributed by atoms with van der Waals surface area (Å²) in [4.78, 5) is 17.1. The Labute approximate surface area is 247 Å². The molecule has 3 aliphatic heterocycles. The predicted octanol–water partition coefficient (Wildman–Crippen LogP) is 6.08. The molecule has 6 heteroatoms. The molecule has 2 aromatic rings. The number of hydrogen-bond donors (Lipinski definition) is 2. The second-order valence-corrected chi connectivity index (χ2v) is 16.1. The second-order valence-electron chi connectivity index (χ2n) is 16.1. The van der Waals surface area contributed by atoms with Gasteiger partial charge < -0.3 is 24.3 Å². The molecular weight excluding hydrogens is 526 g/mol. The third-order valence-corrected chi connectivity index (χ3v) is 13.3. The first kappa shape index (κ1) is 26.2. The van der Waals surface area contributed by atoms with Crippen LogP contribution in [-0.2, 0) is 37.3 Å². The van der Waals surface area contributed by atoms with E-state index in [1.165, 1.54) is 38.9 Å². The standard InChI is InChI=1S/C36H43NO5/c1-18-29-27(38)16-28-35(39)9-8-20-14-23-22-12-19-13-25-24(17-31(2,3)42-32(25,4)5)21(19)15-26(22)37-30(23)34(20,7)33(35,6)10-11-36(28,40-18)41-29/h12,15-18,20,25,29,37,39H,8-11,13-14H2,1-7H3/t18?,20-,25-,29+,33+,34+,35+,36+/m0/s1. The average Bonchev–Trinajstić information content (AvgIpc) is 3.60. The second kappa shape index (κ2) is 7.34. The van der Waals surface area contributed by atoms with Crippen molar-refractivity contribution in [1.29, 1.82) is 0 Å². The minimum atomic E-state index is -1.18. The number of rotatable bonds is 0. The van der Waals surface area contributed by atoms with Crippen LogP contribution in [0.4, 0.5) is 0 Å². The highest BCUT2D eigenvalue weighted by atomic mass is 16.8. The molecule has 1 aromatic carbocycles. The predicted molar refractivity (Wildman–Crippen MR) is 160 cm³/mol. The quantitative estimate of drug-likeness (QED) is 0.402. The third-order valence-electron chi connectivity index (χ3n) is 13.3. The van der Waals surface area contributed by atoms with E-state index in [4.69, 9.17) is 14.2 Å². The maximum atomic E-state index is 13.1. The van der Waals surface area contributed by atoms with Crippen molar-refractivity contribution in [3.8, 4) is 0 Å². The van der Waals surface area contributed by atoms with E-state index in [9.17, 15) is 9.90 Å². The Balaban J connectivity index is 1.18. The Morgan fingerprint density at radius 3 is 2.57 bits per heavy atom. The van der Waals surface area contributed by atoms with E-state index >= 15 is 0 Å². The summed E-state index contributed by atoms with van der Waals surface area (Å²) >= 11 is 0. The van der Waals surface area contributed by atoms with Crippen LogP contribution in [0.3, 0.4) is 0 Å². The SMILES string of the molecule is CC1O[C@@]23CC[C@@]4(C)[C@@](O)(CC[C@H]5Cc6c([nH]c7cc8c(cc67)C[C@H]6C8=CC(C)(C)OC6(C)C)[C@@]54C)C2=CC(=O)[C@@H]1O3. The molecule has 6 nitrogen and oxygen atoms in total. The molecule has 1 saturated heterocycles. The maximum absolute atomic E-state index is 13.1. The van der Waals surface area contributed by atoms with Gasteiger partial charge in [0.15, 0.2) is 11.6 Å². The van der Waals surface area contributed by atoms with Gasteiger partial charge in [-0.3, -0.25) is 4.79 Å². The number of ether oxygens (including phenoxy) is 3. The van der Waals surface area contributed by atoms with Crippen molar-refractivity contribution in [2.45, 2.75) is 127 Å². The van der Waals surface area contributed by atoms with E-state index in [1.54, 1.807) is 6.08 Å². The first-order valence-corrected chi connectivity index (χ1v) is 16.1. The van der Waals surface area contributed by atoms with Crippen LogP contribution in [0.15, 0.2) is 29.9 Å². The highest BCUT2D eigenvalue weighted by Crippen LogP contribution is 2.71. The van der Waals surface area contributed by atoms with Crippen LogP contribution in [0.1, 0.15) is 96.5 Å². The van der Waals surface area contributed by atoms with Crippen LogP contribution in [0.25, 0.3) is 16.5 Å². The lowest BCUT2D eigenvalue weighted by Crippen LogP contribution is -2.69. The van der Waals surface area contributed by atoms with Gasteiger partial charge in [0.1, 0.15) is 6.10 Å². The van der Waals surface area contributed by atoms with Gasteiger partial charge in [-0.15, -0.1) is 0 Å². The summed E-state index contributed by atoms with van der Waals surface area (Å²) in [6, 6.07) is 4.85. The number of fused-ring (bicyclic) bond motifs is 12. The molecule has 1 unspecified atom stereocenters. The fourth-order valence-corrected chi connectivity index (χ4v) is 11.2. The number of hydrogen-bond acceptors (Lipinski definition) is 5. The summed E-state index contributed by atoms with van der Waals surface area (Å²) in [5, 5.41) is 14.2. The van der Waals surface area contributed by atoms with E-state index in [1.807, 2.05) is 6.92 Å². The lowest BCUT2D eigenvalue weighted by Gasteiger charge is -2.65. The molecule has 2 saturated carbocycles. The van der Waals surface area contributed by atoms with Gasteiger partial charge in [-0.1, -0.05) is 13.8 Å². The Hall–Kier alpha value is -2.25. The Morgan fingerprint density at radius 1 is 1.00 bits per heavy atom. The summed E-state index contributed by atoms with van der Waals surface area (Å²) in [5.74, 6) is -0.272. The van der Waals surface area contributed by atoms with Crippen molar-refractivity contribution in [3.05, 3.63) is 52.2 Å². The van der Waals surface area contributed by atoms with Crippen LogP contribution in [0.2, 0.25) is 0 Å². The monoisotopic (exact) mass is 569 g/mol. The molecule has 4 aliphatic carbocycles. The molecule has 1 aromatic heterocycles. The summed E-state index contributed by atoms with van der Waals surface area (Å²) in [6.45, 7) is 15.4. The number of nitrogens with one attached hydrogen (secondary N) is 1. The summed E-state index contributed by atoms with van der Waals surface area (Å²) in [7, 11) is 0. The van der Waals surface area contributed by atoms with Crippen molar-refractivity contribution in [3.63, 3.8) is 0 Å². The number of H-pyrrole nitrogens is 1. The number of carbonyl (C=O) groups excluding carboxylic acids is 1. The van der Waals surface area contributed by atoms with Gasteiger partial charge in [0.05, 0.1) is 22.9 Å². The minimum absolute atomic E-state index is 0.0742. The lowest BCUT2D eigenvalue weighted by molar-refractivity contribution is -0.243. The largest absolute Gasteiger partial charge is 0.385 e. The first-order chi connectivity index (χ1) is 19.6. The summed E-state index contributed by atoms with van der Waals surface area (Å²) in [6.07, 6.45) is 8.12. The number of benzene rings is 1.